The van der Waals surface area contributed by atoms with E-state index in [2.05, 4.69) is 0 Å². The molecular formula is C13H21NO5. The number of likely N-dealkylation sites (N-methyl/N-ethyl adjacent to an activating group) is 1. The summed E-state index contributed by atoms with van der Waals surface area (Å²) in [5.74, 6) is -0.609. The van der Waals surface area contributed by atoms with E-state index in [-0.39, 0.29) is 30.3 Å². The minimum atomic E-state index is -0.647. The van der Waals surface area contributed by atoms with E-state index in [0.29, 0.717) is 12.5 Å². The average molecular weight is 271 g/mol. The Hall–Kier alpha value is -0.690. The van der Waals surface area contributed by atoms with E-state index in [0.717, 1.165) is 6.42 Å². The Balaban J connectivity index is 1.86. The van der Waals surface area contributed by atoms with E-state index in [1.54, 1.807) is 0 Å². The van der Waals surface area contributed by atoms with E-state index in [9.17, 15) is 4.79 Å². The molecule has 0 amide bonds. The van der Waals surface area contributed by atoms with Gasteiger partial charge in [-0.25, -0.2) is 0 Å². The van der Waals surface area contributed by atoms with Gasteiger partial charge in [0.1, 0.15) is 18.3 Å². The Labute approximate surface area is 112 Å². The van der Waals surface area contributed by atoms with E-state index in [1.165, 1.54) is 6.92 Å². The maximum atomic E-state index is 11.3. The highest BCUT2D eigenvalue weighted by atomic mass is 16.8. The molecule has 3 aliphatic rings. The second kappa shape index (κ2) is 4.41. The first-order valence-electron chi connectivity index (χ1n) is 6.76. The van der Waals surface area contributed by atoms with Crippen molar-refractivity contribution in [2.24, 2.45) is 5.92 Å². The minimum absolute atomic E-state index is 0.120. The number of esters is 1. The summed E-state index contributed by atoms with van der Waals surface area (Å²) in [5.41, 5.74) is 0. The molecule has 3 rings (SSSR count). The van der Waals surface area contributed by atoms with Crippen LogP contribution in [0, 0.1) is 5.92 Å². The summed E-state index contributed by atoms with van der Waals surface area (Å²) in [6.07, 6.45) is 0.172. The normalized spacial score (nSPS) is 44.7. The molecule has 0 bridgehead atoms. The van der Waals surface area contributed by atoms with Crippen LogP contribution in [0.2, 0.25) is 0 Å². The first-order valence-corrected chi connectivity index (χ1v) is 6.76. The molecule has 0 aromatic heterocycles. The summed E-state index contributed by atoms with van der Waals surface area (Å²) in [6.45, 7) is 5.85. The third-order valence-electron chi connectivity index (χ3n) is 4.11. The molecule has 0 aromatic rings. The zero-order chi connectivity index (χ0) is 13.8. The van der Waals surface area contributed by atoms with E-state index < -0.39 is 5.79 Å². The van der Waals surface area contributed by atoms with Crippen LogP contribution in [0.4, 0.5) is 0 Å². The van der Waals surface area contributed by atoms with Crippen molar-refractivity contribution in [2.45, 2.75) is 57.3 Å². The first kappa shape index (κ1) is 13.3. The second-order valence-electron chi connectivity index (χ2n) is 6.04. The fourth-order valence-corrected chi connectivity index (χ4v) is 3.51. The molecule has 1 saturated carbocycles. The highest BCUT2D eigenvalue weighted by Crippen LogP contribution is 2.44. The van der Waals surface area contributed by atoms with Gasteiger partial charge < -0.3 is 14.2 Å². The van der Waals surface area contributed by atoms with Crippen molar-refractivity contribution in [1.29, 1.82) is 0 Å². The van der Waals surface area contributed by atoms with Gasteiger partial charge >= 0.3 is 5.97 Å². The van der Waals surface area contributed by atoms with Crippen molar-refractivity contribution in [3.05, 3.63) is 0 Å². The van der Waals surface area contributed by atoms with Gasteiger partial charge in [0, 0.05) is 19.9 Å². The molecule has 3 fully saturated rings. The molecule has 0 spiro atoms. The maximum Gasteiger partial charge on any atom is 0.302 e. The van der Waals surface area contributed by atoms with Crippen molar-refractivity contribution in [3.8, 4) is 0 Å². The predicted octanol–water partition coefficient (Wildman–Crippen LogP) is 0.704. The maximum absolute atomic E-state index is 11.3. The van der Waals surface area contributed by atoms with Crippen molar-refractivity contribution >= 4 is 5.97 Å². The van der Waals surface area contributed by atoms with Crippen molar-refractivity contribution in [1.82, 2.24) is 5.06 Å². The Morgan fingerprint density at radius 2 is 2.00 bits per heavy atom. The van der Waals surface area contributed by atoms with Crippen LogP contribution in [0.3, 0.4) is 0 Å². The summed E-state index contributed by atoms with van der Waals surface area (Å²) in [4.78, 5) is 16.8. The molecule has 19 heavy (non-hydrogen) atoms. The number of nitrogens with zero attached hydrogens (tertiary/aromatic N) is 1. The van der Waals surface area contributed by atoms with Gasteiger partial charge in [0.05, 0.1) is 12.6 Å². The molecule has 2 saturated heterocycles. The lowest BCUT2D eigenvalue weighted by Crippen LogP contribution is -2.55. The van der Waals surface area contributed by atoms with Crippen LogP contribution < -0.4 is 0 Å². The lowest BCUT2D eigenvalue weighted by atomic mass is 9.80. The van der Waals surface area contributed by atoms with Gasteiger partial charge in [0.15, 0.2) is 5.79 Å². The predicted molar refractivity (Wildman–Crippen MR) is 65.0 cm³/mol. The fourth-order valence-electron chi connectivity index (χ4n) is 3.51. The summed E-state index contributed by atoms with van der Waals surface area (Å²) < 4.78 is 17.4. The molecule has 5 atom stereocenters. The number of fused-ring (bicyclic) bond motifs is 3. The van der Waals surface area contributed by atoms with Crippen molar-refractivity contribution in [3.63, 3.8) is 0 Å². The average Bonchev–Trinajstić information content (AvgIpc) is 2.78. The third kappa shape index (κ3) is 2.27. The summed E-state index contributed by atoms with van der Waals surface area (Å²) >= 11 is 0. The van der Waals surface area contributed by atoms with Crippen LogP contribution in [-0.4, -0.2) is 54.8 Å². The smallest absolute Gasteiger partial charge is 0.302 e. The molecule has 6 nitrogen and oxygen atoms in total. The molecule has 0 aromatic carbocycles. The van der Waals surface area contributed by atoms with Crippen LogP contribution in [0.5, 0.6) is 0 Å². The zero-order valence-electron chi connectivity index (χ0n) is 11.8. The monoisotopic (exact) mass is 271 g/mol. The van der Waals surface area contributed by atoms with Gasteiger partial charge in [-0.2, -0.15) is 5.06 Å². The number of hydrogen-bond acceptors (Lipinski definition) is 6. The van der Waals surface area contributed by atoms with Crippen molar-refractivity contribution < 1.29 is 23.8 Å². The number of rotatable bonds is 1. The number of carbonyl (C=O) groups is 1. The van der Waals surface area contributed by atoms with Gasteiger partial charge in [-0.1, -0.05) is 0 Å². The molecule has 6 heteroatoms. The molecule has 1 aliphatic carbocycles. The molecule has 0 radical (unpaired) electrons. The van der Waals surface area contributed by atoms with Crippen LogP contribution >= 0.6 is 0 Å². The number of hydrogen-bond donors (Lipinski definition) is 0. The SMILES string of the molecule is CC(=O)O[C@H]1C[C@@H]2CON(C)[C@@H]2[C@H]2OC(C)(C)O[C@H]21. The van der Waals surface area contributed by atoms with Gasteiger partial charge in [-0.15, -0.1) is 0 Å². The lowest BCUT2D eigenvalue weighted by molar-refractivity contribution is -0.171. The molecule has 0 unspecified atom stereocenters. The molecule has 108 valence electrons. The zero-order valence-corrected chi connectivity index (χ0v) is 11.8. The van der Waals surface area contributed by atoms with E-state index in [4.69, 9.17) is 19.0 Å². The fraction of sp³-hybridized carbons (Fsp3) is 0.923. The summed E-state index contributed by atoms with van der Waals surface area (Å²) in [6, 6.07) is 0.165. The highest BCUT2D eigenvalue weighted by Gasteiger charge is 2.58. The standard InChI is InChI=1S/C13H21NO5/c1-7(15)17-9-5-8-6-16-14(4)10(8)12-11(9)18-13(2,3)19-12/h8-12H,5-6H2,1-4H3/t8-,9+,10+,11+,12-/m1/s1. The van der Waals surface area contributed by atoms with Crippen molar-refractivity contribution in [2.75, 3.05) is 13.7 Å². The number of hydroxylamine groups is 2. The van der Waals surface area contributed by atoms with Crippen LogP contribution in [0.25, 0.3) is 0 Å². The highest BCUT2D eigenvalue weighted by molar-refractivity contribution is 5.66. The summed E-state index contributed by atoms with van der Waals surface area (Å²) in [7, 11) is 1.92. The molecule has 2 aliphatic heterocycles. The Kier molecular flexibility index (Phi) is 3.09. The molecule has 0 N–H and O–H groups in total. The minimum Gasteiger partial charge on any atom is -0.460 e. The van der Waals surface area contributed by atoms with Gasteiger partial charge in [0.2, 0.25) is 0 Å². The van der Waals surface area contributed by atoms with Gasteiger partial charge in [-0.3, -0.25) is 9.63 Å². The lowest BCUT2D eigenvalue weighted by Gasteiger charge is -2.39. The van der Waals surface area contributed by atoms with Gasteiger partial charge in [-0.05, 0) is 20.3 Å². The largest absolute Gasteiger partial charge is 0.460 e. The Morgan fingerprint density at radius 1 is 1.32 bits per heavy atom. The number of carbonyl (C=O) groups excluding carboxylic acids is 1. The Bertz CT molecular complexity index is 385. The van der Waals surface area contributed by atoms with Gasteiger partial charge in [0.25, 0.3) is 0 Å². The van der Waals surface area contributed by atoms with Crippen LogP contribution in [0.15, 0.2) is 0 Å². The second-order valence-corrected chi connectivity index (χ2v) is 6.04. The Morgan fingerprint density at radius 3 is 2.68 bits per heavy atom. The molecular weight excluding hydrogens is 250 g/mol. The van der Waals surface area contributed by atoms with E-state index >= 15 is 0 Å². The topological polar surface area (TPSA) is 57.2 Å². The first-order chi connectivity index (χ1) is 8.87. The quantitative estimate of drug-likeness (QED) is 0.654. The van der Waals surface area contributed by atoms with Crippen LogP contribution in [-0.2, 0) is 23.8 Å². The number of ether oxygens (including phenoxy) is 3. The van der Waals surface area contributed by atoms with E-state index in [1.807, 2.05) is 26.0 Å². The van der Waals surface area contributed by atoms with Crippen LogP contribution in [0.1, 0.15) is 27.2 Å². The summed E-state index contributed by atoms with van der Waals surface area (Å²) in [5, 5.41) is 1.86. The third-order valence-corrected chi connectivity index (χ3v) is 4.11. The molecule has 2 heterocycles.